The van der Waals surface area contributed by atoms with Crippen molar-refractivity contribution in [3.63, 3.8) is 0 Å². The van der Waals surface area contributed by atoms with Gasteiger partial charge in [0.15, 0.2) is 23.2 Å². The fourth-order valence-electron chi connectivity index (χ4n) is 2.96. The molecule has 1 aliphatic rings. The average molecular weight is 456 g/mol. The van der Waals surface area contributed by atoms with Crippen LogP contribution < -0.4 is 5.73 Å². The molecule has 3 aromatic rings. The van der Waals surface area contributed by atoms with Crippen LogP contribution >= 0.6 is 8.03 Å². The summed E-state index contributed by atoms with van der Waals surface area (Å²) < 4.78 is 30.2. The summed E-state index contributed by atoms with van der Waals surface area (Å²) in [6, 6.07) is 8.40. The van der Waals surface area contributed by atoms with Gasteiger partial charge in [-0.05, 0) is 4.57 Å². The van der Waals surface area contributed by atoms with Crippen molar-refractivity contribution in [2.75, 3.05) is 12.3 Å². The third-order valence-corrected chi connectivity index (χ3v) is 5.24. The number of anilines is 1. The zero-order chi connectivity index (χ0) is 22.7. The fourth-order valence-corrected chi connectivity index (χ4v) is 3.39. The number of aliphatic hydroxyl groups excluding tert-OH is 4. The van der Waals surface area contributed by atoms with Crippen molar-refractivity contribution >= 4 is 25.0 Å². The Labute approximate surface area is 175 Å². The number of halogens is 1. The Kier molecular flexibility index (Phi) is 7.18. The van der Waals surface area contributed by atoms with Gasteiger partial charge in [-0.1, -0.05) is 30.3 Å². The molecule has 0 amide bonds. The highest BCUT2D eigenvalue weighted by Gasteiger charge is 2.44. The number of ether oxygens (including phenoxy) is 1. The number of nitrogens with two attached hydrogens (primary N) is 1. The SMILES string of the molecule is Nc1nc(F)nc2c1ncn2[C@@H]1O[C@H](CO)[C@@H](O)[C@@H]1O.O=[P+](O)C(O)c1ccccc1. The number of nitrogen functional groups attached to an aromatic ring is 1. The molecule has 0 bridgehead atoms. The highest BCUT2D eigenvalue weighted by Crippen LogP contribution is 2.34. The van der Waals surface area contributed by atoms with Gasteiger partial charge in [0, 0.05) is 5.56 Å². The molecule has 0 aliphatic carbocycles. The molecular weight excluding hydrogens is 436 g/mol. The summed E-state index contributed by atoms with van der Waals surface area (Å²) in [7, 11) is -2.53. The van der Waals surface area contributed by atoms with Crippen molar-refractivity contribution in [2.45, 2.75) is 30.4 Å². The van der Waals surface area contributed by atoms with E-state index in [1.54, 1.807) is 30.3 Å². The zero-order valence-electron chi connectivity index (χ0n) is 15.8. The maximum atomic E-state index is 13.2. The summed E-state index contributed by atoms with van der Waals surface area (Å²) in [5, 5.41) is 37.7. The number of aromatic nitrogens is 4. The minimum Gasteiger partial charge on any atom is -0.394 e. The lowest BCUT2D eigenvalue weighted by Crippen LogP contribution is -2.33. The van der Waals surface area contributed by atoms with Crippen LogP contribution in [0.15, 0.2) is 36.7 Å². The quantitative estimate of drug-likeness (QED) is 0.220. The highest BCUT2D eigenvalue weighted by atomic mass is 31.1. The summed E-state index contributed by atoms with van der Waals surface area (Å²) >= 11 is 0. The molecule has 2 aromatic heterocycles. The number of hydrogen-bond donors (Lipinski definition) is 6. The van der Waals surface area contributed by atoms with Crippen molar-refractivity contribution in [2.24, 2.45) is 0 Å². The van der Waals surface area contributed by atoms with E-state index in [0.717, 1.165) is 0 Å². The van der Waals surface area contributed by atoms with E-state index in [-0.39, 0.29) is 17.0 Å². The Bertz CT molecular complexity index is 1060. The second-order valence-electron chi connectivity index (χ2n) is 6.52. The highest BCUT2D eigenvalue weighted by molar-refractivity contribution is 7.38. The number of nitrogens with zero attached hydrogens (tertiary/aromatic N) is 4. The van der Waals surface area contributed by atoms with Gasteiger partial charge in [0.25, 0.3) is 0 Å². The van der Waals surface area contributed by atoms with E-state index >= 15 is 0 Å². The molecule has 14 heteroatoms. The van der Waals surface area contributed by atoms with Crippen LogP contribution in [0.1, 0.15) is 17.6 Å². The number of imidazole rings is 1. The first kappa shape index (κ1) is 23.0. The van der Waals surface area contributed by atoms with E-state index < -0.39 is 51.1 Å². The molecule has 0 radical (unpaired) electrons. The Morgan fingerprint density at radius 3 is 2.48 bits per heavy atom. The Balaban J connectivity index is 0.000000210. The van der Waals surface area contributed by atoms with Gasteiger partial charge < -0.3 is 30.9 Å². The Morgan fingerprint density at radius 2 is 1.90 bits per heavy atom. The predicted molar refractivity (Wildman–Crippen MR) is 104 cm³/mol. The topological polar surface area (TPSA) is 197 Å². The number of fused-ring (bicyclic) bond motifs is 1. The largest absolute Gasteiger partial charge is 0.542 e. The summed E-state index contributed by atoms with van der Waals surface area (Å²) in [5.41, 5.74) is 6.18. The summed E-state index contributed by atoms with van der Waals surface area (Å²) in [6.45, 7) is -0.465. The fraction of sp³-hybridized carbons (Fsp3) is 0.353. The lowest BCUT2D eigenvalue weighted by molar-refractivity contribution is -0.0511. The number of benzene rings is 1. The van der Waals surface area contributed by atoms with Crippen molar-refractivity contribution in [1.29, 1.82) is 0 Å². The van der Waals surface area contributed by atoms with E-state index in [1.807, 2.05) is 0 Å². The van der Waals surface area contributed by atoms with Crippen molar-refractivity contribution < 1.29 is 39.0 Å². The Hall–Kier alpha value is -2.64. The molecular formula is C17H20FN5O7P+. The van der Waals surface area contributed by atoms with Crippen LogP contribution in [0.2, 0.25) is 0 Å². The molecule has 3 heterocycles. The summed E-state index contributed by atoms with van der Waals surface area (Å²) in [6.07, 6.45) is -4.38. The first-order valence-electron chi connectivity index (χ1n) is 8.90. The van der Waals surface area contributed by atoms with Gasteiger partial charge in [-0.15, -0.1) is 0 Å². The molecule has 1 aromatic carbocycles. The lowest BCUT2D eigenvalue weighted by atomic mass is 10.1. The van der Waals surface area contributed by atoms with Gasteiger partial charge in [-0.25, -0.2) is 4.98 Å². The van der Waals surface area contributed by atoms with Crippen LogP contribution in [-0.4, -0.2) is 69.8 Å². The summed E-state index contributed by atoms with van der Waals surface area (Å²) in [4.78, 5) is 19.4. The molecule has 7 N–H and O–H groups in total. The normalized spacial score (nSPS) is 24.5. The zero-order valence-corrected chi connectivity index (χ0v) is 16.7. The minimum atomic E-state index is -2.53. The third kappa shape index (κ3) is 4.83. The summed E-state index contributed by atoms with van der Waals surface area (Å²) in [5.74, 6) is -1.40. The van der Waals surface area contributed by atoms with Crippen molar-refractivity contribution in [3.05, 3.63) is 48.3 Å². The number of aliphatic hydroxyl groups is 4. The molecule has 0 saturated carbocycles. The van der Waals surface area contributed by atoms with E-state index in [1.165, 1.54) is 10.9 Å². The standard InChI is InChI=1S/C10H12FN5O4.C7H7O3P/c11-10-14-7(12)4-8(15-10)16(2-13-4)9-6(19)5(18)3(1-17)20-9;8-7(11(9)10)6-4-2-1-3-5-6/h2-3,5-6,9,17-19H,1H2,(H2,12,14,15);1-5,7-8H/p+1/t3-,5-,6+,9-;/m1./s1. The van der Waals surface area contributed by atoms with E-state index in [0.29, 0.717) is 5.56 Å². The van der Waals surface area contributed by atoms with Crippen LogP contribution in [0.5, 0.6) is 0 Å². The Morgan fingerprint density at radius 1 is 1.23 bits per heavy atom. The van der Waals surface area contributed by atoms with Crippen molar-refractivity contribution in [3.8, 4) is 0 Å². The monoisotopic (exact) mass is 456 g/mol. The molecule has 12 nitrogen and oxygen atoms in total. The smallest absolute Gasteiger partial charge is 0.394 e. The van der Waals surface area contributed by atoms with Gasteiger partial charge in [0.05, 0.1) is 12.9 Å². The molecule has 1 fully saturated rings. The van der Waals surface area contributed by atoms with Crippen LogP contribution in [-0.2, 0) is 9.30 Å². The van der Waals surface area contributed by atoms with Crippen molar-refractivity contribution in [1.82, 2.24) is 19.5 Å². The van der Waals surface area contributed by atoms with Gasteiger partial charge in [-0.3, -0.25) is 4.57 Å². The third-order valence-electron chi connectivity index (χ3n) is 4.52. The number of hydrogen-bond acceptors (Lipinski definition) is 10. The lowest BCUT2D eigenvalue weighted by Gasteiger charge is -2.16. The molecule has 31 heavy (non-hydrogen) atoms. The maximum Gasteiger partial charge on any atom is 0.542 e. The molecule has 1 aliphatic heterocycles. The van der Waals surface area contributed by atoms with E-state index in [4.69, 9.17) is 25.6 Å². The first-order chi connectivity index (χ1) is 14.7. The van der Waals surface area contributed by atoms with E-state index in [2.05, 4.69) is 15.0 Å². The second-order valence-corrected chi connectivity index (χ2v) is 7.61. The van der Waals surface area contributed by atoms with Gasteiger partial charge in [-0.2, -0.15) is 19.3 Å². The first-order valence-corrected chi connectivity index (χ1v) is 10.2. The van der Waals surface area contributed by atoms with E-state index in [9.17, 15) is 19.2 Å². The van der Waals surface area contributed by atoms with Gasteiger partial charge in [0.2, 0.25) is 0 Å². The molecule has 166 valence electrons. The average Bonchev–Trinajstić information content (AvgIpc) is 3.29. The molecule has 2 unspecified atom stereocenters. The van der Waals surface area contributed by atoms with Crippen LogP contribution in [0.25, 0.3) is 11.2 Å². The number of rotatable bonds is 4. The molecule has 0 spiro atoms. The van der Waals surface area contributed by atoms with Crippen LogP contribution in [0.3, 0.4) is 0 Å². The minimum absolute atomic E-state index is 0.0323. The van der Waals surface area contributed by atoms with Gasteiger partial charge >= 0.3 is 20.0 Å². The molecule has 6 atom stereocenters. The van der Waals surface area contributed by atoms with Gasteiger partial charge in [0.1, 0.15) is 18.3 Å². The molecule has 1 saturated heterocycles. The maximum absolute atomic E-state index is 13.2. The second kappa shape index (κ2) is 9.66. The van der Waals surface area contributed by atoms with Crippen LogP contribution in [0.4, 0.5) is 10.2 Å². The molecule has 4 rings (SSSR count). The predicted octanol–water partition coefficient (Wildman–Crippen LogP) is -0.429. The van der Waals surface area contributed by atoms with Crippen LogP contribution in [0, 0.1) is 6.08 Å².